The van der Waals surface area contributed by atoms with Gasteiger partial charge in [-0.3, -0.25) is 5.32 Å². The Morgan fingerprint density at radius 1 is 1.37 bits per heavy atom. The van der Waals surface area contributed by atoms with E-state index in [1.54, 1.807) is 45.9 Å². The van der Waals surface area contributed by atoms with Crippen LogP contribution in [0.1, 0.15) is 39.4 Å². The number of benzene rings is 1. The van der Waals surface area contributed by atoms with Crippen molar-refractivity contribution in [3.05, 3.63) is 23.8 Å². The highest BCUT2D eigenvalue weighted by atomic mass is 16.6. The van der Waals surface area contributed by atoms with Crippen molar-refractivity contribution in [2.75, 3.05) is 12.4 Å². The lowest BCUT2D eigenvalue weighted by molar-refractivity contribution is 0.0635. The lowest BCUT2D eigenvalue weighted by Gasteiger charge is -2.21. The van der Waals surface area contributed by atoms with Crippen LogP contribution in [-0.2, 0) is 4.74 Å². The Kier molecular flexibility index (Phi) is 4.78. The molecule has 1 amide bonds. The van der Waals surface area contributed by atoms with E-state index in [1.807, 2.05) is 0 Å². The van der Waals surface area contributed by atoms with E-state index in [-0.39, 0.29) is 0 Å². The molecule has 0 saturated heterocycles. The van der Waals surface area contributed by atoms with Gasteiger partial charge in [-0.2, -0.15) is 0 Å². The molecule has 0 radical (unpaired) electrons. The average molecular weight is 267 g/mol. The highest BCUT2D eigenvalue weighted by molar-refractivity contribution is 5.86. The molecule has 0 aliphatic carbocycles. The minimum absolute atomic E-state index is 0.476. The molecular weight excluding hydrogens is 246 g/mol. The topological polar surface area (TPSA) is 67.8 Å². The van der Waals surface area contributed by atoms with Gasteiger partial charge in [0.25, 0.3) is 0 Å². The Labute approximate surface area is 113 Å². The number of methoxy groups -OCH3 is 1. The minimum atomic E-state index is -0.698. The maximum absolute atomic E-state index is 11.7. The molecule has 0 aromatic heterocycles. The van der Waals surface area contributed by atoms with E-state index in [0.717, 1.165) is 0 Å². The Hall–Kier alpha value is -1.75. The van der Waals surface area contributed by atoms with Crippen LogP contribution in [-0.4, -0.2) is 23.9 Å². The van der Waals surface area contributed by atoms with Gasteiger partial charge in [-0.15, -0.1) is 0 Å². The molecule has 0 aliphatic heterocycles. The van der Waals surface area contributed by atoms with Crippen LogP contribution in [0.2, 0.25) is 0 Å². The molecule has 0 heterocycles. The number of nitrogens with one attached hydrogen (secondary N) is 1. The Balaban J connectivity index is 2.94. The summed E-state index contributed by atoms with van der Waals surface area (Å²) in [5.74, 6) is 0.593. The molecule has 0 unspecified atom stereocenters. The molecule has 0 bridgehead atoms. The van der Waals surface area contributed by atoms with Crippen molar-refractivity contribution < 1.29 is 19.4 Å². The SMILES string of the molecule is COc1ccc([C@H](C)O)c(NC(=O)OC(C)(C)C)c1. The number of anilines is 1. The number of aliphatic hydroxyl groups excluding tert-OH is 1. The van der Waals surface area contributed by atoms with Gasteiger partial charge >= 0.3 is 6.09 Å². The molecule has 1 aromatic carbocycles. The molecule has 19 heavy (non-hydrogen) atoms. The molecule has 5 nitrogen and oxygen atoms in total. The number of carbonyl (C=O) groups excluding carboxylic acids is 1. The van der Waals surface area contributed by atoms with Gasteiger partial charge < -0.3 is 14.6 Å². The van der Waals surface area contributed by atoms with Crippen LogP contribution in [0.3, 0.4) is 0 Å². The van der Waals surface area contributed by atoms with Crippen molar-refractivity contribution in [2.24, 2.45) is 0 Å². The maximum atomic E-state index is 11.7. The van der Waals surface area contributed by atoms with E-state index in [9.17, 15) is 9.90 Å². The lowest BCUT2D eigenvalue weighted by atomic mass is 10.1. The van der Waals surface area contributed by atoms with Crippen LogP contribution >= 0.6 is 0 Å². The van der Waals surface area contributed by atoms with Crippen LogP contribution in [0.4, 0.5) is 10.5 Å². The van der Waals surface area contributed by atoms with Gasteiger partial charge in [0.05, 0.1) is 18.9 Å². The first-order valence-corrected chi connectivity index (χ1v) is 6.09. The standard InChI is InChI=1S/C14H21NO4/c1-9(16)11-7-6-10(18-5)8-12(11)15-13(17)19-14(2,3)4/h6-9,16H,1-5H3,(H,15,17)/t9-/m0/s1. The third-order valence-corrected chi connectivity index (χ3v) is 2.35. The summed E-state index contributed by atoms with van der Waals surface area (Å²) in [6.45, 7) is 6.98. The van der Waals surface area contributed by atoms with Crippen molar-refractivity contribution in [1.82, 2.24) is 0 Å². The second kappa shape index (κ2) is 5.93. The highest BCUT2D eigenvalue weighted by Gasteiger charge is 2.18. The monoisotopic (exact) mass is 267 g/mol. The van der Waals surface area contributed by atoms with Gasteiger partial charge in [0.2, 0.25) is 0 Å². The van der Waals surface area contributed by atoms with Crippen LogP contribution in [0.5, 0.6) is 5.75 Å². The third-order valence-electron chi connectivity index (χ3n) is 2.35. The second-order valence-corrected chi connectivity index (χ2v) is 5.26. The summed E-state index contributed by atoms with van der Waals surface area (Å²) in [7, 11) is 1.54. The summed E-state index contributed by atoms with van der Waals surface area (Å²) in [4.78, 5) is 11.7. The van der Waals surface area contributed by atoms with E-state index < -0.39 is 17.8 Å². The van der Waals surface area contributed by atoms with E-state index in [0.29, 0.717) is 17.0 Å². The second-order valence-electron chi connectivity index (χ2n) is 5.26. The smallest absolute Gasteiger partial charge is 0.412 e. The van der Waals surface area contributed by atoms with Crippen LogP contribution < -0.4 is 10.1 Å². The fourth-order valence-corrected chi connectivity index (χ4v) is 1.55. The molecule has 106 valence electrons. The van der Waals surface area contributed by atoms with Gasteiger partial charge in [0.15, 0.2) is 0 Å². The first-order chi connectivity index (χ1) is 8.73. The largest absolute Gasteiger partial charge is 0.497 e. The minimum Gasteiger partial charge on any atom is -0.497 e. The van der Waals surface area contributed by atoms with Crippen LogP contribution in [0, 0.1) is 0 Å². The predicted octanol–water partition coefficient (Wildman–Crippen LogP) is 3.10. The highest BCUT2D eigenvalue weighted by Crippen LogP contribution is 2.27. The Morgan fingerprint density at radius 3 is 2.47 bits per heavy atom. The van der Waals surface area contributed by atoms with E-state index >= 15 is 0 Å². The number of ether oxygens (including phenoxy) is 2. The number of hydrogen-bond acceptors (Lipinski definition) is 4. The normalized spacial score (nSPS) is 12.7. The molecule has 0 spiro atoms. The maximum Gasteiger partial charge on any atom is 0.412 e. The molecule has 0 aliphatic rings. The van der Waals surface area contributed by atoms with Crippen molar-refractivity contribution in [1.29, 1.82) is 0 Å². The fraction of sp³-hybridized carbons (Fsp3) is 0.500. The molecule has 1 rings (SSSR count). The number of rotatable bonds is 3. The van der Waals surface area contributed by atoms with Gasteiger partial charge in [0.1, 0.15) is 11.4 Å². The van der Waals surface area contributed by atoms with Gasteiger partial charge in [-0.1, -0.05) is 6.07 Å². The molecule has 5 heteroatoms. The zero-order chi connectivity index (χ0) is 14.6. The Bertz CT molecular complexity index is 449. The van der Waals surface area contributed by atoms with E-state index in [2.05, 4.69) is 5.32 Å². The predicted molar refractivity (Wildman–Crippen MR) is 73.5 cm³/mol. The van der Waals surface area contributed by atoms with Crippen molar-refractivity contribution in [3.63, 3.8) is 0 Å². The number of aliphatic hydroxyl groups is 1. The first-order valence-electron chi connectivity index (χ1n) is 6.09. The number of amides is 1. The Morgan fingerprint density at radius 2 is 2.00 bits per heavy atom. The summed E-state index contributed by atoms with van der Waals surface area (Å²) >= 11 is 0. The molecule has 0 fully saturated rings. The summed E-state index contributed by atoms with van der Waals surface area (Å²) in [6, 6.07) is 5.07. The van der Waals surface area contributed by atoms with Gasteiger partial charge in [-0.25, -0.2) is 4.79 Å². The summed E-state index contributed by atoms with van der Waals surface area (Å²) in [5, 5.41) is 12.3. The number of hydrogen-bond donors (Lipinski definition) is 2. The molecule has 1 aromatic rings. The molecular formula is C14H21NO4. The molecule has 2 N–H and O–H groups in total. The number of carbonyl (C=O) groups is 1. The summed E-state index contributed by atoms with van der Waals surface area (Å²) in [5.41, 5.74) is 0.503. The summed E-state index contributed by atoms with van der Waals surface area (Å²) in [6.07, 6.45) is -1.27. The third kappa shape index (κ3) is 4.79. The van der Waals surface area contributed by atoms with Gasteiger partial charge in [-0.05, 0) is 33.8 Å². The zero-order valence-electron chi connectivity index (χ0n) is 12.0. The van der Waals surface area contributed by atoms with E-state index in [4.69, 9.17) is 9.47 Å². The fourth-order valence-electron chi connectivity index (χ4n) is 1.55. The van der Waals surface area contributed by atoms with E-state index in [1.165, 1.54) is 7.11 Å². The van der Waals surface area contributed by atoms with Crippen LogP contribution in [0.15, 0.2) is 18.2 Å². The molecule has 1 atom stereocenters. The molecule has 0 saturated carbocycles. The zero-order valence-corrected chi connectivity index (χ0v) is 12.0. The average Bonchev–Trinajstić information content (AvgIpc) is 2.25. The lowest BCUT2D eigenvalue weighted by Crippen LogP contribution is -2.27. The first kappa shape index (κ1) is 15.3. The van der Waals surface area contributed by atoms with Crippen LogP contribution in [0.25, 0.3) is 0 Å². The van der Waals surface area contributed by atoms with Crippen molar-refractivity contribution in [2.45, 2.75) is 39.4 Å². The van der Waals surface area contributed by atoms with Gasteiger partial charge in [0, 0.05) is 11.6 Å². The summed E-state index contributed by atoms with van der Waals surface area (Å²) < 4.78 is 10.3. The van der Waals surface area contributed by atoms with Crippen molar-refractivity contribution >= 4 is 11.8 Å². The van der Waals surface area contributed by atoms with Crippen molar-refractivity contribution in [3.8, 4) is 5.75 Å². The quantitative estimate of drug-likeness (QED) is 0.883.